The number of rotatable bonds is 12. The quantitative estimate of drug-likeness (QED) is 0.209. The van der Waals surface area contributed by atoms with Crippen molar-refractivity contribution in [2.75, 3.05) is 33.6 Å². The zero-order valence-electron chi connectivity index (χ0n) is 20.5. The van der Waals surface area contributed by atoms with E-state index in [1.165, 1.54) is 13.8 Å². The van der Waals surface area contributed by atoms with Crippen LogP contribution in [0.3, 0.4) is 0 Å². The molecule has 2 rings (SSSR count). The molecule has 0 aromatic heterocycles. The molecule has 0 aliphatic carbocycles. The average Bonchev–Trinajstić information content (AvgIpc) is 2.74. The molecule has 10 heteroatoms. The van der Waals surface area contributed by atoms with Gasteiger partial charge in [0.1, 0.15) is 11.4 Å². The Morgan fingerprint density at radius 3 is 1.09 bits per heavy atom. The Balaban J connectivity index is 2.65. The van der Waals surface area contributed by atoms with Gasteiger partial charge in [-0.15, -0.1) is 57.3 Å². The van der Waals surface area contributed by atoms with E-state index in [4.69, 9.17) is 10.2 Å². The minimum atomic E-state index is -0.101. The van der Waals surface area contributed by atoms with Gasteiger partial charge in [0.2, 0.25) is 11.8 Å². The van der Waals surface area contributed by atoms with Crippen LogP contribution in [-0.2, 0) is 9.59 Å². The molecule has 0 atom stereocenters. The lowest BCUT2D eigenvalue weighted by molar-refractivity contribution is -0.115. The van der Waals surface area contributed by atoms with Crippen LogP contribution < -0.4 is 10.6 Å². The van der Waals surface area contributed by atoms with Crippen molar-refractivity contribution in [2.24, 2.45) is 10.2 Å². The van der Waals surface area contributed by atoms with Crippen LogP contribution in [0.25, 0.3) is 0 Å². The van der Waals surface area contributed by atoms with Gasteiger partial charge in [-0.05, 0) is 47.3 Å². The summed E-state index contributed by atoms with van der Waals surface area (Å²) in [7, 11) is 0. The number of azo groups is 1. The van der Waals surface area contributed by atoms with Crippen LogP contribution in [0.2, 0.25) is 0 Å². The van der Waals surface area contributed by atoms with Crippen molar-refractivity contribution in [1.82, 2.24) is 0 Å². The second-order valence-corrected chi connectivity index (χ2v) is 12.2. The second-order valence-electron chi connectivity index (χ2n) is 6.94. The Morgan fingerprint density at radius 1 is 0.618 bits per heavy atom. The summed E-state index contributed by atoms with van der Waals surface area (Å²) in [5.74, 6) is 3.30. The van der Waals surface area contributed by atoms with Gasteiger partial charge in [0.05, 0.1) is 0 Å². The summed E-state index contributed by atoms with van der Waals surface area (Å²) in [5, 5.41) is 15.3. The van der Waals surface area contributed by atoms with E-state index in [0.717, 1.165) is 65.3 Å². The van der Waals surface area contributed by atoms with Crippen LogP contribution in [-0.4, -0.2) is 34.8 Å². The van der Waals surface area contributed by atoms with Crippen molar-refractivity contribution in [1.29, 1.82) is 0 Å². The predicted octanol–water partition coefficient (Wildman–Crippen LogP) is 8.47. The van der Waals surface area contributed by atoms with E-state index in [0.29, 0.717) is 0 Å². The van der Waals surface area contributed by atoms with Gasteiger partial charge in [-0.3, -0.25) is 9.59 Å². The topological polar surface area (TPSA) is 82.9 Å². The van der Waals surface area contributed by atoms with Crippen molar-refractivity contribution in [3.8, 4) is 0 Å². The van der Waals surface area contributed by atoms with E-state index >= 15 is 0 Å². The highest BCUT2D eigenvalue weighted by molar-refractivity contribution is 8.00. The van der Waals surface area contributed by atoms with Crippen LogP contribution in [0.1, 0.15) is 41.5 Å². The van der Waals surface area contributed by atoms with Gasteiger partial charge in [0.25, 0.3) is 0 Å². The lowest BCUT2D eigenvalue weighted by Crippen LogP contribution is -2.06. The summed E-state index contributed by atoms with van der Waals surface area (Å²) in [6.07, 6.45) is 0. The fourth-order valence-corrected chi connectivity index (χ4v) is 6.44. The number of nitrogens with one attached hydrogen (secondary N) is 2. The van der Waals surface area contributed by atoms with Crippen LogP contribution in [0, 0.1) is 0 Å². The molecule has 0 radical (unpaired) electrons. The number of nitrogens with zero attached hydrogens (tertiary/aromatic N) is 2. The van der Waals surface area contributed by atoms with Crippen molar-refractivity contribution < 1.29 is 9.59 Å². The number of amides is 2. The van der Waals surface area contributed by atoms with E-state index in [9.17, 15) is 9.59 Å². The summed E-state index contributed by atoms with van der Waals surface area (Å²) in [6.45, 7) is 11.4. The molecule has 0 unspecified atom stereocenters. The minimum Gasteiger partial charge on any atom is -0.326 e. The number of anilines is 2. The molecule has 2 aromatic carbocycles. The smallest absolute Gasteiger partial charge is 0.221 e. The SMILES string of the molecule is CCSc1cc(NC(C)=O)cc(SCC)c1N=Nc1c(SCC)cc(NC(C)=O)cc1SCC. The van der Waals surface area contributed by atoms with E-state index in [-0.39, 0.29) is 11.8 Å². The molecule has 0 heterocycles. The lowest BCUT2D eigenvalue weighted by Gasteiger charge is -2.14. The maximum Gasteiger partial charge on any atom is 0.221 e. The third-order valence-electron chi connectivity index (χ3n) is 4.17. The van der Waals surface area contributed by atoms with Crippen molar-refractivity contribution in [2.45, 2.75) is 61.1 Å². The van der Waals surface area contributed by atoms with Crippen LogP contribution in [0.15, 0.2) is 54.1 Å². The third-order valence-corrected chi connectivity index (χ3v) is 7.81. The maximum atomic E-state index is 11.6. The van der Waals surface area contributed by atoms with Crippen LogP contribution in [0.5, 0.6) is 0 Å². The van der Waals surface area contributed by atoms with Crippen LogP contribution >= 0.6 is 47.0 Å². The van der Waals surface area contributed by atoms with E-state index in [1.807, 2.05) is 24.3 Å². The Hall–Kier alpha value is -1.62. The molecule has 34 heavy (non-hydrogen) atoms. The highest BCUT2D eigenvalue weighted by Gasteiger charge is 2.16. The van der Waals surface area contributed by atoms with Gasteiger partial charge >= 0.3 is 0 Å². The number of hydrogen-bond acceptors (Lipinski definition) is 8. The van der Waals surface area contributed by atoms with Gasteiger partial charge in [-0.1, -0.05) is 27.7 Å². The minimum absolute atomic E-state index is 0.101. The van der Waals surface area contributed by atoms with Gasteiger partial charge in [-0.25, -0.2) is 0 Å². The molecule has 0 aliphatic heterocycles. The van der Waals surface area contributed by atoms with Crippen molar-refractivity contribution in [3.63, 3.8) is 0 Å². The summed E-state index contributed by atoms with van der Waals surface area (Å²) < 4.78 is 0. The summed E-state index contributed by atoms with van der Waals surface area (Å²) >= 11 is 6.72. The Morgan fingerprint density at radius 2 is 0.882 bits per heavy atom. The molecule has 0 bridgehead atoms. The van der Waals surface area contributed by atoms with Gasteiger partial charge in [0, 0.05) is 44.8 Å². The molecule has 2 amide bonds. The first-order valence-corrected chi connectivity index (χ1v) is 15.1. The van der Waals surface area contributed by atoms with E-state index in [1.54, 1.807) is 47.0 Å². The van der Waals surface area contributed by atoms with Crippen molar-refractivity contribution >= 4 is 81.6 Å². The van der Waals surface area contributed by atoms with Crippen LogP contribution in [0.4, 0.5) is 22.7 Å². The predicted molar refractivity (Wildman–Crippen MR) is 151 cm³/mol. The average molecular weight is 537 g/mol. The van der Waals surface area contributed by atoms with E-state index < -0.39 is 0 Å². The lowest BCUT2D eigenvalue weighted by atomic mass is 10.2. The largest absolute Gasteiger partial charge is 0.326 e. The van der Waals surface area contributed by atoms with Crippen molar-refractivity contribution in [3.05, 3.63) is 24.3 Å². The molecule has 0 fully saturated rings. The molecule has 0 spiro atoms. The molecule has 184 valence electrons. The monoisotopic (exact) mass is 536 g/mol. The number of carbonyl (C=O) groups excluding carboxylic acids is 2. The molecule has 0 saturated carbocycles. The number of carbonyl (C=O) groups is 2. The van der Waals surface area contributed by atoms with Gasteiger partial charge in [-0.2, -0.15) is 0 Å². The maximum absolute atomic E-state index is 11.6. The molecule has 0 aliphatic rings. The first-order valence-electron chi connectivity index (χ1n) is 11.2. The second kappa shape index (κ2) is 14.7. The summed E-state index contributed by atoms with van der Waals surface area (Å²) in [5.41, 5.74) is 3.17. The third kappa shape index (κ3) is 8.55. The highest BCUT2D eigenvalue weighted by atomic mass is 32.2. The normalized spacial score (nSPS) is 11.1. The fourth-order valence-electron chi connectivity index (χ4n) is 3.07. The highest BCUT2D eigenvalue weighted by Crippen LogP contribution is 2.45. The molecular weight excluding hydrogens is 505 g/mol. The number of benzene rings is 2. The molecular formula is C24H32N4O2S4. The molecule has 0 saturated heterocycles. The zero-order valence-corrected chi connectivity index (χ0v) is 23.7. The fraction of sp³-hybridized carbons (Fsp3) is 0.417. The van der Waals surface area contributed by atoms with E-state index in [2.05, 4.69) is 38.3 Å². The molecule has 2 N–H and O–H groups in total. The Bertz CT molecular complexity index is 908. The van der Waals surface area contributed by atoms with Gasteiger partial charge < -0.3 is 10.6 Å². The zero-order chi connectivity index (χ0) is 25.1. The Kier molecular flexibility index (Phi) is 12.4. The standard InChI is InChI=1S/C24H32N4O2S4/c1-7-31-19-11-17(25-15(5)29)12-20(32-8-2)23(19)27-28-24-21(33-9-3)13-18(26-16(6)30)14-22(24)34-10-4/h11-14H,7-10H2,1-6H3,(H,25,29)(H,26,30). The first-order chi connectivity index (χ1) is 16.3. The number of thioether (sulfide) groups is 4. The molecule has 6 nitrogen and oxygen atoms in total. The summed E-state index contributed by atoms with van der Waals surface area (Å²) in [4.78, 5) is 27.2. The number of hydrogen-bond donors (Lipinski definition) is 2. The van der Waals surface area contributed by atoms with Gasteiger partial charge in [0.15, 0.2) is 0 Å². The molecule has 2 aromatic rings. The first kappa shape index (κ1) is 28.6. The Labute approximate surface area is 219 Å². The summed E-state index contributed by atoms with van der Waals surface area (Å²) in [6, 6.07) is 7.86.